The molecule has 0 saturated carbocycles. The summed E-state index contributed by atoms with van der Waals surface area (Å²) in [7, 11) is 0. The van der Waals surface area contributed by atoms with Gasteiger partial charge >= 0.3 is 0 Å². The average molecular weight is 151 g/mol. The predicted molar refractivity (Wildman–Crippen MR) is 54.0 cm³/mol. The van der Waals surface area contributed by atoms with Crippen molar-refractivity contribution in [3.63, 3.8) is 0 Å². The van der Waals surface area contributed by atoms with Crippen molar-refractivity contribution in [3.8, 4) is 0 Å². The van der Waals surface area contributed by atoms with E-state index in [0.29, 0.717) is 0 Å². The van der Waals surface area contributed by atoms with Gasteiger partial charge in [0, 0.05) is 12.4 Å². The van der Waals surface area contributed by atoms with Crippen LogP contribution in [-0.4, -0.2) is 6.21 Å². The van der Waals surface area contributed by atoms with E-state index in [9.17, 15) is 0 Å². The molecule has 0 saturated heterocycles. The quantitative estimate of drug-likeness (QED) is 0.433. The first-order valence-corrected chi connectivity index (χ1v) is 3.84. The first-order chi connectivity index (χ1) is 5.41. The van der Waals surface area contributed by atoms with E-state index >= 15 is 0 Å². The molecule has 1 nitrogen and oxygen atoms in total. The molecule has 0 aromatic rings. The fraction of sp³-hybridized carbons (Fsp3) is 0.300. The normalized spacial score (nSPS) is 10.5. The molecule has 0 bridgehead atoms. The molecule has 0 heterocycles. The molecule has 62 valence electrons. The van der Waals surface area contributed by atoms with Crippen molar-refractivity contribution in [2.24, 2.45) is 4.99 Å². The van der Waals surface area contributed by atoms with Crippen LogP contribution in [-0.2, 0) is 0 Å². The van der Waals surface area contributed by atoms with Crippen LogP contribution in [0.1, 0.15) is 20.8 Å². The first kappa shape index (κ1) is 12.6. The third kappa shape index (κ3) is 17.6. The summed E-state index contributed by atoms with van der Waals surface area (Å²) in [5, 5.41) is 0. The molecule has 0 aromatic heterocycles. The van der Waals surface area contributed by atoms with E-state index in [-0.39, 0.29) is 0 Å². The second-order valence-electron chi connectivity index (χ2n) is 1.39. The number of nitrogens with zero attached hydrogens (tertiary/aromatic N) is 1. The van der Waals surface area contributed by atoms with Crippen molar-refractivity contribution in [1.82, 2.24) is 0 Å². The Morgan fingerprint density at radius 1 is 1.09 bits per heavy atom. The fourth-order valence-electron chi connectivity index (χ4n) is 0.336. The van der Waals surface area contributed by atoms with Gasteiger partial charge in [-0.2, -0.15) is 0 Å². The lowest BCUT2D eigenvalue weighted by Crippen LogP contribution is -1.57. The zero-order chi connectivity index (χ0) is 8.95. The summed E-state index contributed by atoms with van der Waals surface area (Å²) < 4.78 is 0. The number of rotatable bonds is 3. The van der Waals surface area contributed by atoms with Gasteiger partial charge < -0.3 is 0 Å². The lowest BCUT2D eigenvalue weighted by atomic mass is 10.4. The van der Waals surface area contributed by atoms with Gasteiger partial charge in [0.1, 0.15) is 0 Å². The fourth-order valence-corrected chi connectivity index (χ4v) is 0.336. The van der Waals surface area contributed by atoms with Gasteiger partial charge in [-0.25, -0.2) is 0 Å². The van der Waals surface area contributed by atoms with E-state index in [1.807, 2.05) is 45.1 Å². The van der Waals surface area contributed by atoms with Crippen LogP contribution in [0.3, 0.4) is 0 Å². The molecule has 1 heteroatoms. The monoisotopic (exact) mass is 151 g/mol. The lowest BCUT2D eigenvalue weighted by molar-refractivity contribution is 1.50. The van der Waals surface area contributed by atoms with Crippen LogP contribution in [0.5, 0.6) is 0 Å². The Morgan fingerprint density at radius 3 is 2.18 bits per heavy atom. The van der Waals surface area contributed by atoms with Crippen LogP contribution in [0.15, 0.2) is 42.1 Å². The molecule has 0 rings (SSSR count). The van der Waals surface area contributed by atoms with Crippen LogP contribution in [0.2, 0.25) is 0 Å². The van der Waals surface area contributed by atoms with Gasteiger partial charge in [0.25, 0.3) is 0 Å². The minimum absolute atomic E-state index is 1.50. The van der Waals surface area contributed by atoms with E-state index in [0.717, 1.165) is 0 Å². The predicted octanol–water partition coefficient (Wildman–Crippen LogP) is 3.36. The standard InChI is InChI=1S/C8H11N.C2H6/c1-3-5-6-7-8-9-4-2;1-2/h3-8H,2H2,1H3;1-2H3/b5-3-,7-6-,9-8?;. The Hall–Kier alpha value is -1.11. The zero-order valence-corrected chi connectivity index (χ0v) is 7.62. The summed E-state index contributed by atoms with van der Waals surface area (Å²) >= 11 is 0. The van der Waals surface area contributed by atoms with Gasteiger partial charge in [-0.05, 0) is 13.0 Å². The summed E-state index contributed by atoms with van der Waals surface area (Å²) in [5.74, 6) is 0. The number of hydrogen-bond acceptors (Lipinski definition) is 1. The van der Waals surface area contributed by atoms with Crippen molar-refractivity contribution in [1.29, 1.82) is 0 Å². The molecule has 0 aromatic carbocycles. The van der Waals surface area contributed by atoms with E-state index < -0.39 is 0 Å². The Balaban J connectivity index is 0. The number of allylic oxidation sites excluding steroid dienone is 4. The Bertz CT molecular complexity index is 141. The second-order valence-corrected chi connectivity index (χ2v) is 1.39. The summed E-state index contributed by atoms with van der Waals surface area (Å²) in [6, 6.07) is 0. The zero-order valence-electron chi connectivity index (χ0n) is 7.62. The van der Waals surface area contributed by atoms with Gasteiger partial charge in [-0.3, -0.25) is 4.99 Å². The molecule has 0 radical (unpaired) electrons. The Labute approximate surface area is 69.9 Å². The molecule has 0 spiro atoms. The minimum atomic E-state index is 1.50. The second kappa shape index (κ2) is 16.0. The van der Waals surface area contributed by atoms with Crippen LogP contribution < -0.4 is 0 Å². The van der Waals surface area contributed by atoms with Gasteiger partial charge in [0.05, 0.1) is 0 Å². The Morgan fingerprint density at radius 2 is 1.73 bits per heavy atom. The molecular formula is C10H17N. The van der Waals surface area contributed by atoms with Gasteiger partial charge in [-0.1, -0.05) is 38.7 Å². The highest BCUT2D eigenvalue weighted by atomic mass is 14.6. The first-order valence-electron chi connectivity index (χ1n) is 3.84. The molecule has 11 heavy (non-hydrogen) atoms. The molecular weight excluding hydrogens is 134 g/mol. The highest BCUT2D eigenvalue weighted by Gasteiger charge is 1.57. The molecule has 0 aliphatic heterocycles. The van der Waals surface area contributed by atoms with Crippen molar-refractivity contribution in [2.75, 3.05) is 0 Å². The van der Waals surface area contributed by atoms with E-state index in [1.54, 1.807) is 6.21 Å². The maximum atomic E-state index is 3.76. The third-order valence-corrected chi connectivity index (χ3v) is 0.692. The van der Waals surface area contributed by atoms with Gasteiger partial charge in [0.2, 0.25) is 0 Å². The summed E-state index contributed by atoms with van der Waals surface area (Å²) in [6.07, 6.45) is 10.8. The summed E-state index contributed by atoms with van der Waals surface area (Å²) in [6.45, 7) is 9.40. The van der Waals surface area contributed by atoms with Gasteiger partial charge in [-0.15, -0.1) is 0 Å². The van der Waals surface area contributed by atoms with E-state index in [2.05, 4.69) is 11.6 Å². The number of hydrogen-bond donors (Lipinski definition) is 0. The lowest BCUT2D eigenvalue weighted by Gasteiger charge is -1.69. The largest absolute Gasteiger partial charge is 0.265 e. The molecule has 0 aliphatic carbocycles. The van der Waals surface area contributed by atoms with Crippen LogP contribution in [0.4, 0.5) is 0 Å². The van der Waals surface area contributed by atoms with Crippen molar-refractivity contribution < 1.29 is 0 Å². The maximum Gasteiger partial charge on any atom is 0.0267 e. The van der Waals surface area contributed by atoms with Gasteiger partial charge in [0.15, 0.2) is 0 Å². The van der Waals surface area contributed by atoms with Crippen LogP contribution in [0.25, 0.3) is 0 Å². The molecule has 0 aliphatic rings. The third-order valence-electron chi connectivity index (χ3n) is 0.692. The van der Waals surface area contributed by atoms with Crippen molar-refractivity contribution >= 4 is 6.21 Å². The highest BCUT2D eigenvalue weighted by molar-refractivity contribution is 5.71. The Kier molecular flexibility index (Phi) is 18.2. The molecule has 0 amide bonds. The molecule has 0 N–H and O–H groups in total. The van der Waals surface area contributed by atoms with E-state index in [1.165, 1.54) is 6.20 Å². The van der Waals surface area contributed by atoms with Crippen LogP contribution in [0, 0.1) is 0 Å². The molecule has 0 fully saturated rings. The summed E-state index contributed by atoms with van der Waals surface area (Å²) in [4.78, 5) is 3.76. The average Bonchev–Trinajstić information content (AvgIpc) is 2.08. The summed E-state index contributed by atoms with van der Waals surface area (Å²) in [5.41, 5.74) is 0. The molecule has 0 unspecified atom stereocenters. The minimum Gasteiger partial charge on any atom is -0.265 e. The van der Waals surface area contributed by atoms with Crippen molar-refractivity contribution in [2.45, 2.75) is 20.8 Å². The number of aliphatic imine (C=N–C) groups is 1. The smallest absolute Gasteiger partial charge is 0.0267 e. The topological polar surface area (TPSA) is 12.4 Å². The van der Waals surface area contributed by atoms with Crippen molar-refractivity contribution in [3.05, 3.63) is 37.1 Å². The van der Waals surface area contributed by atoms with Crippen LogP contribution >= 0.6 is 0 Å². The highest BCUT2D eigenvalue weighted by Crippen LogP contribution is 1.73. The maximum absolute atomic E-state index is 3.76. The van der Waals surface area contributed by atoms with E-state index in [4.69, 9.17) is 0 Å². The SMILES string of the molecule is C=CN=C/C=C\C=C/C.CC. The molecule has 0 atom stereocenters.